The van der Waals surface area contributed by atoms with Crippen LogP contribution in [0.25, 0.3) is 11.1 Å². The van der Waals surface area contributed by atoms with Gasteiger partial charge in [-0.15, -0.1) is 0 Å². The number of phenols is 1. The number of carbonyl (C=O) groups excluding carboxylic acids is 1. The molecule has 1 atom stereocenters. The molecule has 0 aliphatic carbocycles. The molecule has 0 bridgehead atoms. The van der Waals surface area contributed by atoms with Crippen LogP contribution in [0.4, 0.5) is 4.39 Å². The third-order valence-electron chi connectivity index (χ3n) is 3.75. The van der Waals surface area contributed by atoms with Gasteiger partial charge in [-0.05, 0) is 62.1 Å². The van der Waals surface area contributed by atoms with Crippen LogP contribution in [-0.2, 0) is 11.2 Å². The van der Waals surface area contributed by atoms with E-state index in [-0.39, 0.29) is 17.7 Å². The Morgan fingerprint density at radius 2 is 1.92 bits per heavy atom. The van der Waals surface area contributed by atoms with Gasteiger partial charge in [0.15, 0.2) is 0 Å². The van der Waals surface area contributed by atoms with Crippen LogP contribution in [0.1, 0.15) is 25.0 Å². The van der Waals surface area contributed by atoms with E-state index >= 15 is 0 Å². The van der Waals surface area contributed by atoms with E-state index in [1.54, 1.807) is 6.07 Å². The van der Waals surface area contributed by atoms with Crippen molar-refractivity contribution in [1.29, 1.82) is 0 Å². The van der Waals surface area contributed by atoms with Crippen molar-refractivity contribution in [3.63, 3.8) is 0 Å². The molecule has 0 unspecified atom stereocenters. The monoisotopic (exact) mass is 330 g/mol. The minimum absolute atomic E-state index is 0.0160. The van der Waals surface area contributed by atoms with Gasteiger partial charge in [-0.25, -0.2) is 4.39 Å². The van der Waals surface area contributed by atoms with Gasteiger partial charge in [-0.3, -0.25) is 4.79 Å². The number of hydrogen-bond acceptors (Lipinski definition) is 3. The summed E-state index contributed by atoms with van der Waals surface area (Å²) in [5, 5.41) is 12.4. The SMILES string of the molecule is Cc1cc(C[C@H](N)C(=O)NC(C)C)ccc1-c1cc(O)ccc1F. The number of carbonyl (C=O) groups is 1. The summed E-state index contributed by atoms with van der Waals surface area (Å²) >= 11 is 0. The number of aromatic hydroxyl groups is 1. The number of nitrogens with one attached hydrogen (secondary N) is 1. The Labute approximate surface area is 141 Å². The van der Waals surface area contributed by atoms with E-state index < -0.39 is 11.9 Å². The highest BCUT2D eigenvalue weighted by Crippen LogP contribution is 2.29. The second-order valence-corrected chi connectivity index (χ2v) is 6.29. The van der Waals surface area contributed by atoms with Crippen LogP contribution in [0.3, 0.4) is 0 Å². The molecule has 1 amide bonds. The van der Waals surface area contributed by atoms with Crippen molar-refractivity contribution in [1.82, 2.24) is 5.32 Å². The van der Waals surface area contributed by atoms with Gasteiger partial charge < -0.3 is 16.2 Å². The number of nitrogens with two attached hydrogens (primary N) is 1. The summed E-state index contributed by atoms with van der Waals surface area (Å²) in [5.41, 5.74) is 8.75. The molecule has 0 fully saturated rings. The zero-order valence-electron chi connectivity index (χ0n) is 14.1. The maximum atomic E-state index is 14.0. The number of benzene rings is 2. The lowest BCUT2D eigenvalue weighted by atomic mass is 9.95. The van der Waals surface area contributed by atoms with E-state index in [0.29, 0.717) is 17.5 Å². The van der Waals surface area contributed by atoms with Gasteiger partial charge in [0.1, 0.15) is 11.6 Å². The van der Waals surface area contributed by atoms with Crippen LogP contribution in [0, 0.1) is 12.7 Å². The van der Waals surface area contributed by atoms with Crippen molar-refractivity contribution < 1.29 is 14.3 Å². The number of aryl methyl sites for hydroxylation is 1. The third kappa shape index (κ3) is 4.32. The molecular weight excluding hydrogens is 307 g/mol. The van der Waals surface area contributed by atoms with Crippen molar-refractivity contribution in [2.24, 2.45) is 5.73 Å². The fraction of sp³-hybridized carbons (Fsp3) is 0.316. The molecular formula is C19H23FN2O2. The summed E-state index contributed by atoms with van der Waals surface area (Å²) in [5.74, 6) is -0.565. The standard InChI is InChI=1S/C19H23FN2O2/c1-11(2)22-19(24)18(21)9-13-4-6-15(12(3)8-13)16-10-14(23)5-7-17(16)20/h4-8,10-11,18,23H,9,21H2,1-3H3,(H,22,24)/t18-/m0/s1. The van der Waals surface area contributed by atoms with E-state index in [0.717, 1.165) is 11.1 Å². The molecule has 0 radical (unpaired) electrons. The van der Waals surface area contributed by atoms with Crippen molar-refractivity contribution in [2.75, 3.05) is 0 Å². The zero-order valence-corrected chi connectivity index (χ0v) is 14.1. The molecule has 0 spiro atoms. The maximum absolute atomic E-state index is 14.0. The van der Waals surface area contributed by atoms with Crippen LogP contribution < -0.4 is 11.1 Å². The van der Waals surface area contributed by atoms with Crippen molar-refractivity contribution in [3.05, 3.63) is 53.3 Å². The molecule has 0 aliphatic rings. The van der Waals surface area contributed by atoms with Crippen LogP contribution in [0.15, 0.2) is 36.4 Å². The smallest absolute Gasteiger partial charge is 0.237 e. The van der Waals surface area contributed by atoms with E-state index in [4.69, 9.17) is 5.73 Å². The first kappa shape index (κ1) is 17.9. The highest BCUT2D eigenvalue weighted by atomic mass is 19.1. The highest BCUT2D eigenvalue weighted by molar-refractivity contribution is 5.82. The van der Waals surface area contributed by atoms with E-state index in [1.807, 2.05) is 32.9 Å². The number of rotatable bonds is 5. The fourth-order valence-corrected chi connectivity index (χ4v) is 2.61. The van der Waals surface area contributed by atoms with E-state index in [2.05, 4.69) is 5.32 Å². The third-order valence-corrected chi connectivity index (χ3v) is 3.75. The van der Waals surface area contributed by atoms with Gasteiger partial charge in [-0.1, -0.05) is 18.2 Å². The Balaban J connectivity index is 2.21. The highest BCUT2D eigenvalue weighted by Gasteiger charge is 2.16. The van der Waals surface area contributed by atoms with Gasteiger partial charge in [0, 0.05) is 11.6 Å². The van der Waals surface area contributed by atoms with Gasteiger partial charge in [0.25, 0.3) is 0 Å². The molecule has 0 aromatic heterocycles. The summed E-state index contributed by atoms with van der Waals surface area (Å²) in [6, 6.07) is 8.88. The molecule has 4 N–H and O–H groups in total. The molecule has 2 aromatic carbocycles. The van der Waals surface area contributed by atoms with Gasteiger partial charge in [0.2, 0.25) is 5.91 Å². The first-order chi connectivity index (χ1) is 11.3. The molecule has 5 heteroatoms. The Bertz CT molecular complexity index is 744. The number of phenolic OH excluding ortho intramolecular Hbond substituents is 1. The van der Waals surface area contributed by atoms with Gasteiger partial charge in [-0.2, -0.15) is 0 Å². The Hall–Kier alpha value is -2.40. The Morgan fingerprint density at radius 1 is 1.21 bits per heavy atom. The summed E-state index contributed by atoms with van der Waals surface area (Å²) in [6.45, 7) is 5.63. The van der Waals surface area contributed by atoms with Crippen LogP contribution >= 0.6 is 0 Å². The zero-order chi connectivity index (χ0) is 17.9. The molecule has 2 rings (SSSR count). The van der Waals surface area contributed by atoms with E-state index in [9.17, 15) is 14.3 Å². The Kier molecular flexibility index (Phi) is 5.57. The predicted molar refractivity (Wildman–Crippen MR) is 93.2 cm³/mol. The first-order valence-corrected chi connectivity index (χ1v) is 7.92. The Morgan fingerprint density at radius 3 is 2.54 bits per heavy atom. The summed E-state index contributed by atoms with van der Waals surface area (Å²) < 4.78 is 14.0. The number of halogens is 1. The topological polar surface area (TPSA) is 75.4 Å². The van der Waals surface area contributed by atoms with Crippen LogP contribution in [-0.4, -0.2) is 23.1 Å². The van der Waals surface area contributed by atoms with Crippen molar-refractivity contribution in [3.8, 4) is 16.9 Å². The average Bonchev–Trinajstić information content (AvgIpc) is 2.49. The fourth-order valence-electron chi connectivity index (χ4n) is 2.61. The lowest BCUT2D eigenvalue weighted by molar-refractivity contribution is -0.122. The molecule has 0 saturated heterocycles. The van der Waals surface area contributed by atoms with Crippen molar-refractivity contribution in [2.45, 2.75) is 39.3 Å². The van der Waals surface area contributed by atoms with Gasteiger partial charge >= 0.3 is 0 Å². The molecule has 4 nitrogen and oxygen atoms in total. The first-order valence-electron chi connectivity index (χ1n) is 7.92. The maximum Gasteiger partial charge on any atom is 0.237 e. The second kappa shape index (κ2) is 7.45. The number of hydrogen-bond donors (Lipinski definition) is 3. The van der Waals surface area contributed by atoms with Crippen LogP contribution in [0.5, 0.6) is 5.75 Å². The molecule has 0 heterocycles. The van der Waals surface area contributed by atoms with E-state index in [1.165, 1.54) is 18.2 Å². The average molecular weight is 330 g/mol. The predicted octanol–water partition coefficient (Wildman–Crippen LogP) is 2.90. The molecule has 128 valence electrons. The lowest BCUT2D eigenvalue weighted by Crippen LogP contribution is -2.44. The lowest BCUT2D eigenvalue weighted by Gasteiger charge is -2.16. The second-order valence-electron chi connectivity index (χ2n) is 6.29. The van der Waals surface area contributed by atoms with Crippen LogP contribution in [0.2, 0.25) is 0 Å². The minimum atomic E-state index is -0.629. The molecule has 0 saturated carbocycles. The summed E-state index contributed by atoms with van der Waals surface area (Å²) in [6.07, 6.45) is 0.405. The number of amides is 1. The summed E-state index contributed by atoms with van der Waals surface area (Å²) in [7, 11) is 0. The molecule has 2 aromatic rings. The normalized spacial score (nSPS) is 12.2. The van der Waals surface area contributed by atoms with Crippen molar-refractivity contribution >= 4 is 5.91 Å². The largest absolute Gasteiger partial charge is 0.508 e. The minimum Gasteiger partial charge on any atom is -0.508 e. The van der Waals surface area contributed by atoms with Gasteiger partial charge in [0.05, 0.1) is 6.04 Å². The quantitative estimate of drug-likeness (QED) is 0.789. The molecule has 0 aliphatic heterocycles. The summed E-state index contributed by atoms with van der Waals surface area (Å²) in [4.78, 5) is 11.9. The molecule has 24 heavy (non-hydrogen) atoms.